The second-order valence-electron chi connectivity index (χ2n) is 7.89. The van der Waals surface area contributed by atoms with Gasteiger partial charge in [-0.2, -0.15) is 0 Å². The van der Waals surface area contributed by atoms with E-state index in [1.165, 1.54) is 11.1 Å². The predicted molar refractivity (Wildman–Crippen MR) is 118 cm³/mol. The molecule has 3 atom stereocenters. The van der Waals surface area contributed by atoms with Crippen LogP contribution in [-0.4, -0.2) is 29.0 Å². The third kappa shape index (κ3) is 4.34. The summed E-state index contributed by atoms with van der Waals surface area (Å²) >= 11 is 6.82. The molecule has 2 N–H and O–H groups in total. The van der Waals surface area contributed by atoms with Crippen LogP contribution in [0.3, 0.4) is 0 Å². The smallest absolute Gasteiger partial charge is 0.0860 e. The number of aryl methyl sites for hydroxylation is 1. The zero-order valence-electron chi connectivity index (χ0n) is 16.6. The molecule has 0 amide bonds. The van der Waals surface area contributed by atoms with E-state index in [9.17, 15) is 10.2 Å². The standard InChI is InChI=1S/C25H27ClO3/c1-2-16-7-9-17(10-8-16)11-18-12-23(21-5-3-4-6-22(21)25(18)26)24-14-19(28)13-20(15-27)29-24/h3-10,12,19-20,24,27-28H,2,11,13-15H2,1H3. The average Bonchev–Trinajstić information content (AvgIpc) is 2.75. The lowest BCUT2D eigenvalue weighted by molar-refractivity contribution is -0.113. The molecular weight excluding hydrogens is 384 g/mol. The average molecular weight is 411 g/mol. The topological polar surface area (TPSA) is 49.7 Å². The van der Waals surface area contributed by atoms with Gasteiger partial charge in [0.2, 0.25) is 0 Å². The molecule has 0 spiro atoms. The Morgan fingerprint density at radius 3 is 2.38 bits per heavy atom. The van der Waals surface area contributed by atoms with Crippen LogP contribution in [0, 0.1) is 0 Å². The number of halogens is 1. The van der Waals surface area contributed by atoms with E-state index in [4.69, 9.17) is 16.3 Å². The molecule has 3 unspecified atom stereocenters. The number of rotatable bonds is 5. The second kappa shape index (κ2) is 8.85. The molecule has 0 saturated carbocycles. The minimum atomic E-state index is -0.481. The number of ether oxygens (including phenoxy) is 1. The van der Waals surface area contributed by atoms with Crippen molar-refractivity contribution in [2.45, 2.75) is 50.9 Å². The highest BCUT2D eigenvalue weighted by Gasteiger charge is 2.30. The molecule has 3 aromatic carbocycles. The lowest BCUT2D eigenvalue weighted by Gasteiger charge is -2.33. The Kier molecular flexibility index (Phi) is 6.21. The molecule has 4 heteroatoms. The monoisotopic (exact) mass is 410 g/mol. The van der Waals surface area contributed by atoms with Crippen molar-refractivity contribution in [1.29, 1.82) is 0 Å². The molecule has 152 valence electrons. The van der Waals surface area contributed by atoms with Gasteiger partial charge in [0.1, 0.15) is 0 Å². The first kappa shape index (κ1) is 20.4. The molecule has 0 aromatic heterocycles. The molecule has 0 bridgehead atoms. The lowest BCUT2D eigenvalue weighted by atomic mass is 9.90. The molecule has 1 fully saturated rings. The highest BCUT2D eigenvalue weighted by molar-refractivity contribution is 6.36. The van der Waals surface area contributed by atoms with Crippen molar-refractivity contribution in [3.8, 4) is 0 Å². The normalized spacial score (nSPS) is 22.1. The van der Waals surface area contributed by atoms with E-state index in [-0.39, 0.29) is 18.8 Å². The zero-order chi connectivity index (χ0) is 20.4. The number of fused-ring (bicyclic) bond motifs is 1. The van der Waals surface area contributed by atoms with Crippen molar-refractivity contribution in [3.05, 3.63) is 81.9 Å². The second-order valence-corrected chi connectivity index (χ2v) is 8.26. The maximum atomic E-state index is 10.3. The molecule has 1 aliphatic heterocycles. The maximum absolute atomic E-state index is 10.3. The number of hydrogen-bond donors (Lipinski definition) is 2. The van der Waals surface area contributed by atoms with Gasteiger partial charge in [-0.15, -0.1) is 0 Å². The summed E-state index contributed by atoms with van der Waals surface area (Å²) in [5, 5.41) is 22.7. The summed E-state index contributed by atoms with van der Waals surface area (Å²) in [6.45, 7) is 2.06. The quantitative estimate of drug-likeness (QED) is 0.606. The van der Waals surface area contributed by atoms with E-state index in [0.29, 0.717) is 12.8 Å². The minimum Gasteiger partial charge on any atom is -0.394 e. The van der Waals surface area contributed by atoms with E-state index in [1.54, 1.807) is 0 Å². The van der Waals surface area contributed by atoms with E-state index < -0.39 is 6.10 Å². The summed E-state index contributed by atoms with van der Waals surface area (Å²) in [6.07, 6.45) is 1.66. The fourth-order valence-corrected chi connectivity index (χ4v) is 4.53. The van der Waals surface area contributed by atoms with Gasteiger partial charge < -0.3 is 14.9 Å². The van der Waals surface area contributed by atoms with Gasteiger partial charge in [0.15, 0.2) is 0 Å². The highest BCUT2D eigenvalue weighted by atomic mass is 35.5. The van der Waals surface area contributed by atoms with E-state index in [0.717, 1.165) is 39.8 Å². The fraction of sp³-hybridized carbons (Fsp3) is 0.360. The predicted octanol–water partition coefficient (Wildman–Crippen LogP) is 5.22. The van der Waals surface area contributed by atoms with Gasteiger partial charge in [-0.05, 0) is 40.5 Å². The fourth-order valence-electron chi connectivity index (χ4n) is 4.24. The molecule has 0 aliphatic carbocycles. The third-order valence-electron chi connectivity index (χ3n) is 5.84. The van der Waals surface area contributed by atoms with Gasteiger partial charge in [0.05, 0.1) is 29.9 Å². The Labute approximate surface area is 176 Å². The Morgan fingerprint density at radius 1 is 1.00 bits per heavy atom. The maximum Gasteiger partial charge on any atom is 0.0860 e. The van der Waals surface area contributed by atoms with Crippen molar-refractivity contribution in [3.63, 3.8) is 0 Å². The molecular formula is C25H27ClO3. The van der Waals surface area contributed by atoms with Crippen molar-refractivity contribution in [1.82, 2.24) is 0 Å². The summed E-state index contributed by atoms with van der Waals surface area (Å²) in [5.41, 5.74) is 4.61. The summed E-state index contributed by atoms with van der Waals surface area (Å²) < 4.78 is 6.12. The van der Waals surface area contributed by atoms with E-state index >= 15 is 0 Å². The van der Waals surface area contributed by atoms with Gasteiger partial charge >= 0.3 is 0 Å². The Bertz CT molecular complexity index is 983. The lowest BCUT2D eigenvalue weighted by Crippen LogP contribution is -2.33. The summed E-state index contributed by atoms with van der Waals surface area (Å²) in [7, 11) is 0. The Morgan fingerprint density at radius 2 is 1.69 bits per heavy atom. The first-order chi connectivity index (χ1) is 14.1. The van der Waals surface area contributed by atoms with Crippen molar-refractivity contribution in [2.75, 3.05) is 6.61 Å². The molecule has 0 radical (unpaired) electrons. The first-order valence-electron chi connectivity index (χ1n) is 10.3. The molecule has 3 aromatic rings. The van der Waals surface area contributed by atoms with Gasteiger partial charge in [0.25, 0.3) is 0 Å². The SMILES string of the molecule is CCc1ccc(Cc2cc(C3CC(O)CC(CO)O3)c3ccccc3c2Cl)cc1. The zero-order valence-corrected chi connectivity index (χ0v) is 17.4. The van der Waals surface area contributed by atoms with Crippen molar-refractivity contribution < 1.29 is 14.9 Å². The molecule has 1 aliphatic rings. The molecule has 1 heterocycles. The van der Waals surface area contributed by atoms with Gasteiger partial charge in [-0.25, -0.2) is 0 Å². The summed E-state index contributed by atoms with van der Waals surface area (Å²) in [5.74, 6) is 0. The molecule has 29 heavy (non-hydrogen) atoms. The summed E-state index contributed by atoms with van der Waals surface area (Å²) in [6, 6.07) is 18.8. The van der Waals surface area contributed by atoms with Crippen LogP contribution in [0.15, 0.2) is 54.6 Å². The number of hydrogen-bond acceptors (Lipinski definition) is 3. The molecule has 4 rings (SSSR count). The highest BCUT2D eigenvalue weighted by Crippen LogP contribution is 2.39. The van der Waals surface area contributed by atoms with Gasteiger partial charge in [0, 0.05) is 18.2 Å². The largest absolute Gasteiger partial charge is 0.394 e. The van der Waals surface area contributed by atoms with Crippen LogP contribution in [0.5, 0.6) is 0 Å². The number of aliphatic hydroxyl groups excluding tert-OH is 2. The van der Waals surface area contributed by atoms with Crippen LogP contribution in [0.25, 0.3) is 10.8 Å². The van der Waals surface area contributed by atoms with Crippen molar-refractivity contribution >= 4 is 22.4 Å². The number of aliphatic hydroxyl groups is 2. The Balaban J connectivity index is 1.76. The third-order valence-corrected chi connectivity index (χ3v) is 6.29. The number of benzene rings is 3. The van der Waals surface area contributed by atoms with Crippen LogP contribution >= 0.6 is 11.6 Å². The molecule has 1 saturated heterocycles. The van der Waals surface area contributed by atoms with Crippen LogP contribution in [0.2, 0.25) is 5.02 Å². The molecule has 3 nitrogen and oxygen atoms in total. The first-order valence-corrected chi connectivity index (χ1v) is 10.7. The van der Waals surface area contributed by atoms with Crippen LogP contribution in [-0.2, 0) is 17.6 Å². The van der Waals surface area contributed by atoms with Crippen molar-refractivity contribution in [2.24, 2.45) is 0 Å². The Hall–Kier alpha value is -1.91. The van der Waals surface area contributed by atoms with E-state index in [2.05, 4.69) is 43.3 Å². The van der Waals surface area contributed by atoms with Gasteiger partial charge in [-0.3, -0.25) is 0 Å². The van der Waals surface area contributed by atoms with Crippen LogP contribution in [0.1, 0.15) is 48.1 Å². The minimum absolute atomic E-state index is 0.0876. The summed E-state index contributed by atoms with van der Waals surface area (Å²) in [4.78, 5) is 0. The van der Waals surface area contributed by atoms with Gasteiger partial charge in [-0.1, -0.05) is 73.1 Å². The van der Waals surface area contributed by atoms with Crippen LogP contribution < -0.4 is 0 Å². The van der Waals surface area contributed by atoms with Crippen LogP contribution in [0.4, 0.5) is 0 Å². The van der Waals surface area contributed by atoms with E-state index in [1.807, 2.05) is 18.2 Å².